The van der Waals surface area contributed by atoms with Crippen LogP contribution in [0, 0.1) is 12.7 Å². The van der Waals surface area contributed by atoms with Crippen molar-refractivity contribution >= 4 is 34.9 Å². The second kappa shape index (κ2) is 7.97. The molecule has 1 saturated heterocycles. The summed E-state index contributed by atoms with van der Waals surface area (Å²) in [7, 11) is 0. The van der Waals surface area contributed by atoms with Gasteiger partial charge in [-0.05, 0) is 25.0 Å². The SMILES string of the molecule is Cc1csc(CNC(=O)[C@@H]2CS[C@@H](Cc3ccccc3F)C(=O)N2)n1. The van der Waals surface area contributed by atoms with Gasteiger partial charge < -0.3 is 10.6 Å². The molecule has 5 nitrogen and oxygen atoms in total. The Labute approximate surface area is 153 Å². The van der Waals surface area contributed by atoms with Crippen LogP contribution in [0.1, 0.15) is 16.3 Å². The Balaban J connectivity index is 1.51. The number of hydrogen-bond acceptors (Lipinski definition) is 5. The van der Waals surface area contributed by atoms with Crippen LogP contribution in [-0.4, -0.2) is 33.8 Å². The van der Waals surface area contributed by atoms with Crippen LogP contribution < -0.4 is 10.6 Å². The van der Waals surface area contributed by atoms with Gasteiger partial charge >= 0.3 is 0 Å². The molecule has 3 rings (SSSR count). The molecule has 0 spiro atoms. The molecule has 2 aromatic rings. The molecule has 2 N–H and O–H groups in total. The fraction of sp³-hybridized carbons (Fsp3) is 0.353. The first-order chi connectivity index (χ1) is 12.0. The van der Waals surface area contributed by atoms with Gasteiger partial charge in [0.25, 0.3) is 0 Å². The minimum Gasteiger partial charge on any atom is -0.348 e. The number of thioether (sulfide) groups is 1. The average Bonchev–Trinajstić information content (AvgIpc) is 3.02. The van der Waals surface area contributed by atoms with Crippen LogP contribution in [0.4, 0.5) is 4.39 Å². The fourth-order valence-electron chi connectivity index (χ4n) is 2.52. The first-order valence-electron chi connectivity index (χ1n) is 7.87. The molecular weight excluding hydrogens is 361 g/mol. The number of halogens is 1. The number of aromatic nitrogens is 1. The molecule has 1 fully saturated rings. The predicted octanol–water partition coefficient (Wildman–Crippen LogP) is 2.05. The van der Waals surface area contributed by atoms with Crippen molar-refractivity contribution in [3.63, 3.8) is 0 Å². The summed E-state index contributed by atoms with van der Waals surface area (Å²) in [5.41, 5.74) is 1.43. The first kappa shape index (κ1) is 17.9. The van der Waals surface area contributed by atoms with Gasteiger partial charge in [-0.2, -0.15) is 0 Å². The molecule has 8 heteroatoms. The molecule has 25 heavy (non-hydrogen) atoms. The molecule has 132 valence electrons. The van der Waals surface area contributed by atoms with E-state index in [1.54, 1.807) is 18.2 Å². The molecule has 1 aromatic carbocycles. The molecule has 0 saturated carbocycles. The van der Waals surface area contributed by atoms with E-state index in [0.29, 0.717) is 24.3 Å². The molecule has 2 heterocycles. The fourth-order valence-corrected chi connectivity index (χ4v) is 4.41. The lowest BCUT2D eigenvalue weighted by Crippen LogP contribution is -2.54. The van der Waals surface area contributed by atoms with Gasteiger partial charge in [-0.1, -0.05) is 18.2 Å². The van der Waals surface area contributed by atoms with Gasteiger partial charge in [-0.25, -0.2) is 9.37 Å². The van der Waals surface area contributed by atoms with E-state index in [1.807, 2.05) is 12.3 Å². The smallest absolute Gasteiger partial charge is 0.243 e. The Bertz CT molecular complexity index is 781. The van der Waals surface area contributed by atoms with Gasteiger partial charge in [0.15, 0.2) is 0 Å². The van der Waals surface area contributed by atoms with Gasteiger partial charge in [-0.15, -0.1) is 23.1 Å². The van der Waals surface area contributed by atoms with Crippen LogP contribution in [0.2, 0.25) is 0 Å². The summed E-state index contributed by atoms with van der Waals surface area (Å²) >= 11 is 2.87. The maximum atomic E-state index is 13.7. The molecule has 0 radical (unpaired) electrons. The van der Waals surface area contributed by atoms with Gasteiger partial charge in [0, 0.05) is 16.8 Å². The van der Waals surface area contributed by atoms with Gasteiger partial charge in [-0.3, -0.25) is 9.59 Å². The normalized spacial score (nSPS) is 20.2. The van der Waals surface area contributed by atoms with Crippen LogP contribution in [-0.2, 0) is 22.6 Å². The molecular formula is C17H18FN3O2S2. The summed E-state index contributed by atoms with van der Waals surface area (Å²) in [5, 5.41) is 7.90. The number of aryl methyl sites for hydroxylation is 1. The van der Waals surface area contributed by atoms with Gasteiger partial charge in [0.1, 0.15) is 16.9 Å². The Kier molecular flexibility index (Phi) is 5.70. The number of amides is 2. The van der Waals surface area contributed by atoms with Crippen LogP contribution in [0.15, 0.2) is 29.6 Å². The van der Waals surface area contributed by atoms with E-state index < -0.39 is 6.04 Å². The standard InChI is InChI=1S/C17H18FN3O2S2/c1-10-8-25-15(20-10)7-19-16(22)13-9-24-14(17(23)21-13)6-11-4-2-3-5-12(11)18/h2-5,8,13-14H,6-7,9H2,1H3,(H,19,22)(H,21,23)/t13-,14-/m0/s1. The Hall–Kier alpha value is -1.93. The Morgan fingerprint density at radius 1 is 1.44 bits per heavy atom. The molecule has 1 aliphatic rings. The van der Waals surface area contributed by atoms with Crippen molar-refractivity contribution in [2.75, 3.05) is 5.75 Å². The summed E-state index contributed by atoms with van der Waals surface area (Å²) in [6.45, 7) is 2.25. The quantitative estimate of drug-likeness (QED) is 0.834. The summed E-state index contributed by atoms with van der Waals surface area (Å²) in [6, 6.07) is 5.86. The summed E-state index contributed by atoms with van der Waals surface area (Å²) in [5.74, 6) is -0.301. The number of hydrogen-bond donors (Lipinski definition) is 2. The van der Waals surface area contributed by atoms with E-state index in [1.165, 1.54) is 29.2 Å². The van der Waals surface area contributed by atoms with Crippen molar-refractivity contribution in [1.82, 2.24) is 15.6 Å². The number of carbonyl (C=O) groups excluding carboxylic acids is 2. The predicted molar refractivity (Wildman–Crippen MR) is 97.0 cm³/mol. The third kappa shape index (κ3) is 4.58. The number of nitrogens with zero attached hydrogens (tertiary/aromatic N) is 1. The van der Waals surface area contributed by atoms with Crippen LogP contribution in [0.3, 0.4) is 0 Å². The third-order valence-electron chi connectivity index (χ3n) is 3.83. The largest absolute Gasteiger partial charge is 0.348 e. The topological polar surface area (TPSA) is 71.1 Å². The maximum absolute atomic E-state index is 13.7. The van der Waals surface area contributed by atoms with Gasteiger partial charge in [0.2, 0.25) is 11.8 Å². The van der Waals surface area contributed by atoms with E-state index in [-0.39, 0.29) is 22.9 Å². The van der Waals surface area contributed by atoms with Gasteiger partial charge in [0.05, 0.1) is 11.8 Å². The summed E-state index contributed by atoms with van der Waals surface area (Å²) < 4.78 is 13.7. The Morgan fingerprint density at radius 3 is 2.92 bits per heavy atom. The highest BCUT2D eigenvalue weighted by Gasteiger charge is 2.32. The highest BCUT2D eigenvalue weighted by Crippen LogP contribution is 2.23. The van der Waals surface area contributed by atoms with Crippen molar-refractivity contribution in [3.8, 4) is 0 Å². The molecule has 1 aromatic heterocycles. The molecule has 2 amide bonds. The Morgan fingerprint density at radius 2 is 2.24 bits per heavy atom. The average molecular weight is 379 g/mol. The van der Waals surface area contributed by atoms with E-state index in [9.17, 15) is 14.0 Å². The second-order valence-corrected chi connectivity index (χ2v) is 7.96. The number of thiazole rings is 1. The molecule has 0 aliphatic carbocycles. The van der Waals surface area contributed by atoms with E-state index in [2.05, 4.69) is 15.6 Å². The van der Waals surface area contributed by atoms with Crippen molar-refractivity contribution < 1.29 is 14.0 Å². The number of carbonyl (C=O) groups is 2. The highest BCUT2D eigenvalue weighted by atomic mass is 32.2. The second-order valence-electron chi connectivity index (χ2n) is 5.78. The van der Waals surface area contributed by atoms with Crippen LogP contribution in [0.5, 0.6) is 0 Å². The van der Waals surface area contributed by atoms with Crippen LogP contribution in [0.25, 0.3) is 0 Å². The van der Waals surface area contributed by atoms with Crippen LogP contribution >= 0.6 is 23.1 Å². The monoisotopic (exact) mass is 379 g/mol. The zero-order valence-electron chi connectivity index (χ0n) is 13.6. The lowest BCUT2D eigenvalue weighted by Gasteiger charge is -2.28. The zero-order valence-corrected chi connectivity index (χ0v) is 15.3. The van der Waals surface area contributed by atoms with E-state index in [4.69, 9.17) is 0 Å². The maximum Gasteiger partial charge on any atom is 0.243 e. The minimum atomic E-state index is -0.574. The summed E-state index contributed by atoms with van der Waals surface area (Å²) in [6.07, 6.45) is 0.315. The van der Waals surface area contributed by atoms with Crippen molar-refractivity contribution in [1.29, 1.82) is 0 Å². The lowest BCUT2D eigenvalue weighted by atomic mass is 10.1. The van der Waals surface area contributed by atoms with E-state index >= 15 is 0 Å². The number of nitrogens with one attached hydrogen (secondary N) is 2. The summed E-state index contributed by atoms with van der Waals surface area (Å²) in [4.78, 5) is 28.8. The van der Waals surface area contributed by atoms with Crippen molar-refractivity contribution in [3.05, 3.63) is 51.7 Å². The molecule has 2 atom stereocenters. The number of benzene rings is 1. The van der Waals surface area contributed by atoms with Crippen molar-refractivity contribution in [2.45, 2.75) is 31.2 Å². The minimum absolute atomic E-state index is 0.224. The molecule has 0 unspecified atom stereocenters. The first-order valence-corrected chi connectivity index (χ1v) is 9.80. The zero-order chi connectivity index (χ0) is 17.8. The molecule has 0 bridgehead atoms. The lowest BCUT2D eigenvalue weighted by molar-refractivity contribution is -0.128. The number of rotatable bonds is 5. The van der Waals surface area contributed by atoms with E-state index in [0.717, 1.165) is 10.7 Å². The van der Waals surface area contributed by atoms with Crippen molar-refractivity contribution in [2.24, 2.45) is 0 Å². The molecule has 1 aliphatic heterocycles. The third-order valence-corrected chi connectivity index (χ3v) is 6.11. The highest BCUT2D eigenvalue weighted by molar-refractivity contribution is 8.00.